The smallest absolute Gasteiger partial charge is 0.434 e. The second-order valence-corrected chi connectivity index (χ2v) is 9.46. The van der Waals surface area contributed by atoms with E-state index in [0.717, 1.165) is 18.3 Å². The van der Waals surface area contributed by atoms with Gasteiger partial charge in [0.15, 0.2) is 5.69 Å². The fourth-order valence-electron chi connectivity index (χ4n) is 4.32. The van der Waals surface area contributed by atoms with Crippen molar-refractivity contribution in [3.63, 3.8) is 0 Å². The summed E-state index contributed by atoms with van der Waals surface area (Å²) in [5, 5.41) is 4.82. The lowest BCUT2D eigenvalue weighted by molar-refractivity contribution is -0.141. The Morgan fingerprint density at radius 2 is 1.65 bits per heavy atom. The molecule has 2 aromatic heterocycles. The van der Waals surface area contributed by atoms with Crippen molar-refractivity contribution in [2.75, 3.05) is 41.8 Å². The maximum atomic E-state index is 14.3. The van der Waals surface area contributed by atoms with Crippen molar-refractivity contribution in [3.8, 4) is 5.75 Å². The molecular formula is C30H25F4N5O4. The molecule has 0 aliphatic carbocycles. The minimum absolute atomic E-state index is 0.0576. The van der Waals surface area contributed by atoms with Crippen LogP contribution in [0, 0.1) is 5.82 Å². The minimum Gasteiger partial charge on any atom is -0.487 e. The number of ether oxygens (including phenoxy) is 2. The zero-order valence-corrected chi connectivity index (χ0v) is 22.5. The monoisotopic (exact) mass is 595 g/mol. The van der Waals surface area contributed by atoms with E-state index < -0.39 is 35.1 Å². The maximum absolute atomic E-state index is 14.3. The number of nitrogens with zero attached hydrogens (tertiary/aromatic N) is 3. The van der Waals surface area contributed by atoms with E-state index in [9.17, 15) is 27.2 Å². The van der Waals surface area contributed by atoms with Gasteiger partial charge in [-0.3, -0.25) is 14.6 Å². The van der Waals surface area contributed by atoms with Crippen LogP contribution in [0.2, 0.25) is 0 Å². The molecule has 1 aliphatic rings. The van der Waals surface area contributed by atoms with Crippen LogP contribution >= 0.6 is 0 Å². The summed E-state index contributed by atoms with van der Waals surface area (Å²) in [5.74, 6) is -2.09. The van der Waals surface area contributed by atoms with Crippen molar-refractivity contribution < 1.29 is 36.6 Å². The number of halogens is 4. The van der Waals surface area contributed by atoms with Gasteiger partial charge in [-0.15, -0.1) is 0 Å². The van der Waals surface area contributed by atoms with Gasteiger partial charge >= 0.3 is 6.18 Å². The standard InChI is InChI=1S/C30H25F4N5O4/c31-20-13-19(14-24(15-20)39-9-11-42-12-10-39)28(40)38-23-16-26(27(36-17-23)30(32,33)34)29(41)37-21-4-6-25(7-5-21)43-18-22-3-1-2-8-35-22/h1-8,13-17H,9-12,18H2,(H,37,41)(H,38,40). The van der Waals surface area contributed by atoms with Crippen LogP contribution in [0.25, 0.3) is 0 Å². The first kappa shape index (κ1) is 29.5. The molecule has 2 N–H and O–H groups in total. The molecule has 0 bridgehead atoms. The van der Waals surface area contributed by atoms with Crippen LogP contribution in [-0.2, 0) is 17.5 Å². The topological polar surface area (TPSA) is 106 Å². The lowest BCUT2D eigenvalue weighted by atomic mass is 10.1. The molecule has 0 spiro atoms. The summed E-state index contributed by atoms with van der Waals surface area (Å²) in [4.78, 5) is 35.3. The first-order chi connectivity index (χ1) is 20.7. The van der Waals surface area contributed by atoms with Crippen LogP contribution in [0.15, 0.2) is 79.1 Å². The molecule has 0 saturated carbocycles. The normalized spacial score (nSPS) is 13.3. The van der Waals surface area contributed by atoms with Crippen molar-refractivity contribution in [3.05, 3.63) is 107 Å². The van der Waals surface area contributed by atoms with Gasteiger partial charge in [-0.2, -0.15) is 13.2 Å². The molecule has 0 radical (unpaired) electrons. The van der Waals surface area contributed by atoms with Gasteiger partial charge in [0.2, 0.25) is 0 Å². The van der Waals surface area contributed by atoms with Gasteiger partial charge in [-0.05, 0) is 60.7 Å². The summed E-state index contributed by atoms with van der Waals surface area (Å²) in [6.45, 7) is 2.11. The number of carbonyl (C=O) groups excluding carboxylic acids is 2. The van der Waals surface area contributed by atoms with Crippen molar-refractivity contribution in [2.45, 2.75) is 12.8 Å². The van der Waals surface area contributed by atoms with Gasteiger partial charge in [0.25, 0.3) is 11.8 Å². The van der Waals surface area contributed by atoms with Crippen molar-refractivity contribution in [1.29, 1.82) is 0 Å². The fourth-order valence-corrected chi connectivity index (χ4v) is 4.32. The van der Waals surface area contributed by atoms with Crippen molar-refractivity contribution >= 4 is 28.9 Å². The Morgan fingerprint density at radius 3 is 2.35 bits per heavy atom. The molecule has 1 fully saturated rings. The van der Waals surface area contributed by atoms with E-state index in [1.54, 1.807) is 30.5 Å². The molecule has 2 aromatic carbocycles. The van der Waals surface area contributed by atoms with Gasteiger partial charge in [-0.25, -0.2) is 9.37 Å². The van der Waals surface area contributed by atoms with Gasteiger partial charge in [0.1, 0.15) is 18.2 Å². The highest BCUT2D eigenvalue weighted by Crippen LogP contribution is 2.32. The lowest BCUT2D eigenvalue weighted by Crippen LogP contribution is -2.36. The van der Waals surface area contributed by atoms with Crippen LogP contribution in [0.5, 0.6) is 5.75 Å². The number of nitrogens with one attached hydrogen (secondary N) is 2. The number of amides is 2. The van der Waals surface area contributed by atoms with Crippen LogP contribution in [-0.4, -0.2) is 48.1 Å². The number of alkyl halides is 3. The Bertz CT molecular complexity index is 1590. The number of morpholine rings is 1. The van der Waals surface area contributed by atoms with Crippen LogP contribution in [0.1, 0.15) is 32.1 Å². The third-order valence-corrected chi connectivity index (χ3v) is 6.40. The number of carbonyl (C=O) groups is 2. The van der Waals surface area contributed by atoms with Crippen molar-refractivity contribution in [1.82, 2.24) is 9.97 Å². The molecule has 13 heteroatoms. The quantitative estimate of drug-likeness (QED) is 0.257. The van der Waals surface area contributed by atoms with Gasteiger partial charge in [0, 0.05) is 36.2 Å². The molecule has 222 valence electrons. The summed E-state index contributed by atoms with van der Waals surface area (Å²) in [7, 11) is 0. The summed E-state index contributed by atoms with van der Waals surface area (Å²) in [6, 6.07) is 16.0. The molecule has 0 unspecified atom stereocenters. The average molecular weight is 596 g/mol. The van der Waals surface area contributed by atoms with E-state index in [1.807, 2.05) is 11.0 Å². The number of benzene rings is 2. The molecule has 2 amide bonds. The Labute approximate surface area is 243 Å². The molecule has 3 heterocycles. The van der Waals surface area contributed by atoms with Gasteiger partial charge in [0.05, 0.1) is 36.4 Å². The second-order valence-electron chi connectivity index (χ2n) is 9.46. The second kappa shape index (κ2) is 12.9. The van der Waals surface area contributed by atoms with E-state index >= 15 is 0 Å². The molecule has 0 atom stereocenters. The van der Waals surface area contributed by atoms with Crippen LogP contribution < -0.4 is 20.3 Å². The number of hydrogen-bond donors (Lipinski definition) is 2. The average Bonchev–Trinajstić information content (AvgIpc) is 3.01. The Hall–Kier alpha value is -5.04. The number of rotatable bonds is 8. The zero-order valence-electron chi connectivity index (χ0n) is 22.5. The van der Waals surface area contributed by atoms with E-state index in [2.05, 4.69) is 20.6 Å². The fraction of sp³-hybridized carbons (Fsp3) is 0.200. The van der Waals surface area contributed by atoms with Gasteiger partial charge < -0.3 is 25.0 Å². The molecule has 4 aromatic rings. The number of pyridine rings is 2. The van der Waals surface area contributed by atoms with Crippen molar-refractivity contribution in [2.24, 2.45) is 0 Å². The van der Waals surface area contributed by atoms with E-state index in [-0.39, 0.29) is 23.5 Å². The first-order valence-corrected chi connectivity index (χ1v) is 13.1. The van der Waals surface area contributed by atoms with E-state index in [1.165, 1.54) is 24.3 Å². The number of hydrogen-bond acceptors (Lipinski definition) is 7. The lowest BCUT2D eigenvalue weighted by Gasteiger charge is -2.29. The van der Waals surface area contributed by atoms with Crippen LogP contribution in [0.3, 0.4) is 0 Å². The Kier molecular flexibility index (Phi) is 8.81. The third-order valence-electron chi connectivity index (χ3n) is 6.40. The van der Waals surface area contributed by atoms with Crippen LogP contribution in [0.4, 0.5) is 34.6 Å². The third kappa shape index (κ3) is 7.63. The summed E-state index contributed by atoms with van der Waals surface area (Å²) in [6.07, 6.45) is -2.53. The van der Waals surface area contributed by atoms with E-state index in [0.29, 0.717) is 43.4 Å². The Morgan fingerprint density at radius 1 is 0.907 bits per heavy atom. The molecule has 43 heavy (non-hydrogen) atoms. The largest absolute Gasteiger partial charge is 0.487 e. The molecule has 1 saturated heterocycles. The van der Waals surface area contributed by atoms with Gasteiger partial charge in [-0.1, -0.05) is 6.07 Å². The highest BCUT2D eigenvalue weighted by Gasteiger charge is 2.37. The zero-order chi connectivity index (χ0) is 30.4. The predicted octanol–water partition coefficient (Wildman–Crippen LogP) is 5.55. The highest BCUT2D eigenvalue weighted by atomic mass is 19.4. The Balaban J connectivity index is 1.31. The first-order valence-electron chi connectivity index (χ1n) is 13.1. The molecular weight excluding hydrogens is 570 g/mol. The maximum Gasteiger partial charge on any atom is 0.434 e. The van der Waals surface area contributed by atoms with E-state index in [4.69, 9.17) is 9.47 Å². The highest BCUT2D eigenvalue weighted by molar-refractivity contribution is 6.08. The minimum atomic E-state index is -4.95. The SMILES string of the molecule is O=C(Nc1cnc(C(F)(F)F)c(C(=O)Nc2ccc(OCc3ccccn3)cc2)c1)c1cc(F)cc(N2CCOCC2)c1. The summed E-state index contributed by atoms with van der Waals surface area (Å²) in [5.41, 5.74) is -1.11. The predicted molar refractivity (Wildman–Crippen MR) is 150 cm³/mol. The molecule has 5 rings (SSSR count). The number of aromatic nitrogens is 2. The summed E-state index contributed by atoms with van der Waals surface area (Å²) < 4.78 is 66.5. The summed E-state index contributed by atoms with van der Waals surface area (Å²) >= 11 is 0. The molecule has 9 nitrogen and oxygen atoms in total. The molecule has 1 aliphatic heterocycles. The number of anilines is 3.